The number of hydrogen-bond acceptors (Lipinski definition) is 6. The van der Waals surface area contributed by atoms with Gasteiger partial charge in [0, 0.05) is 11.4 Å². The van der Waals surface area contributed by atoms with Crippen molar-refractivity contribution >= 4 is 51.1 Å². The van der Waals surface area contributed by atoms with Gasteiger partial charge in [-0.05, 0) is 32.9 Å². The van der Waals surface area contributed by atoms with Crippen molar-refractivity contribution in [2.75, 3.05) is 11.1 Å². The minimum atomic E-state index is -0.153. The first kappa shape index (κ1) is 19.4. The number of nitrogens with one attached hydrogen (secondary N) is 2. The molecule has 9 heteroatoms. The first-order valence-electron chi connectivity index (χ1n) is 8.52. The van der Waals surface area contributed by atoms with Crippen LogP contribution < -0.4 is 10.6 Å². The third kappa shape index (κ3) is 5.08. The fourth-order valence-electron chi connectivity index (χ4n) is 2.52. The van der Waals surface area contributed by atoms with E-state index in [0.29, 0.717) is 10.3 Å². The van der Waals surface area contributed by atoms with E-state index in [-0.39, 0.29) is 30.2 Å². The van der Waals surface area contributed by atoms with Gasteiger partial charge in [0.2, 0.25) is 11.8 Å². The fourth-order valence-corrected chi connectivity index (χ4v) is 4.04. The van der Waals surface area contributed by atoms with Crippen LogP contribution in [-0.4, -0.2) is 38.1 Å². The number of nitrogens with zero attached hydrogens (tertiary/aromatic N) is 3. The summed E-state index contributed by atoms with van der Waals surface area (Å²) in [6.07, 6.45) is 0. The van der Waals surface area contributed by atoms with E-state index in [9.17, 15) is 9.59 Å². The minimum absolute atomic E-state index is 0.0657. The van der Waals surface area contributed by atoms with Crippen molar-refractivity contribution in [3.8, 4) is 0 Å². The van der Waals surface area contributed by atoms with E-state index in [1.807, 2.05) is 55.0 Å². The van der Waals surface area contributed by atoms with Gasteiger partial charge in [-0.3, -0.25) is 9.59 Å². The molecule has 0 aliphatic rings. The highest BCUT2D eigenvalue weighted by atomic mass is 32.2. The second kappa shape index (κ2) is 8.53. The third-order valence-electron chi connectivity index (χ3n) is 3.57. The monoisotopic (exact) mass is 403 g/mol. The number of amides is 2. The van der Waals surface area contributed by atoms with E-state index in [0.717, 1.165) is 16.7 Å². The van der Waals surface area contributed by atoms with Crippen molar-refractivity contribution < 1.29 is 9.59 Å². The predicted octanol–water partition coefficient (Wildman–Crippen LogP) is 3.06. The molecule has 27 heavy (non-hydrogen) atoms. The molecule has 0 saturated carbocycles. The standard InChI is InChI=1S/C18H21N5O2S2/c1-11(2)19-15(24)8-23-14-7-5-4-6-13(14)21-18(23)27-10-16(25)22-17-20-12(3)9-26-17/h4-7,9,11H,8,10H2,1-3H3,(H,19,24)(H,20,22,25). The number of rotatable bonds is 7. The molecule has 142 valence electrons. The molecule has 0 unspecified atom stereocenters. The largest absolute Gasteiger partial charge is 0.352 e. The van der Waals surface area contributed by atoms with Gasteiger partial charge in [0.1, 0.15) is 6.54 Å². The summed E-state index contributed by atoms with van der Waals surface area (Å²) < 4.78 is 1.85. The maximum atomic E-state index is 12.2. The summed E-state index contributed by atoms with van der Waals surface area (Å²) in [6, 6.07) is 7.70. The number of hydrogen-bond donors (Lipinski definition) is 2. The highest BCUT2D eigenvalue weighted by molar-refractivity contribution is 7.99. The van der Waals surface area contributed by atoms with Gasteiger partial charge in [0.05, 0.1) is 22.5 Å². The van der Waals surface area contributed by atoms with Gasteiger partial charge in [-0.15, -0.1) is 11.3 Å². The maximum absolute atomic E-state index is 12.2. The van der Waals surface area contributed by atoms with Crippen LogP contribution in [-0.2, 0) is 16.1 Å². The SMILES string of the molecule is Cc1csc(NC(=O)CSc2nc3ccccc3n2CC(=O)NC(C)C)n1. The number of carbonyl (C=O) groups is 2. The fraction of sp³-hybridized carbons (Fsp3) is 0.333. The molecule has 2 N–H and O–H groups in total. The van der Waals surface area contributed by atoms with E-state index < -0.39 is 0 Å². The minimum Gasteiger partial charge on any atom is -0.352 e. The van der Waals surface area contributed by atoms with Gasteiger partial charge >= 0.3 is 0 Å². The zero-order chi connectivity index (χ0) is 19.4. The summed E-state index contributed by atoms with van der Waals surface area (Å²) in [4.78, 5) is 33.3. The average Bonchev–Trinajstić information content (AvgIpc) is 3.16. The summed E-state index contributed by atoms with van der Waals surface area (Å²) in [6.45, 7) is 5.88. The van der Waals surface area contributed by atoms with Crippen LogP contribution in [0.3, 0.4) is 0 Å². The van der Waals surface area contributed by atoms with Crippen molar-refractivity contribution in [3.05, 3.63) is 35.3 Å². The van der Waals surface area contributed by atoms with Gasteiger partial charge in [0.15, 0.2) is 10.3 Å². The zero-order valence-electron chi connectivity index (χ0n) is 15.4. The number of benzene rings is 1. The van der Waals surface area contributed by atoms with Crippen LogP contribution in [0.4, 0.5) is 5.13 Å². The van der Waals surface area contributed by atoms with E-state index >= 15 is 0 Å². The van der Waals surface area contributed by atoms with E-state index in [1.165, 1.54) is 23.1 Å². The van der Waals surface area contributed by atoms with Gasteiger partial charge in [-0.25, -0.2) is 9.97 Å². The number of para-hydroxylation sites is 2. The normalized spacial score (nSPS) is 11.1. The van der Waals surface area contributed by atoms with Crippen molar-refractivity contribution in [2.45, 2.75) is 38.5 Å². The number of thioether (sulfide) groups is 1. The van der Waals surface area contributed by atoms with Crippen LogP contribution in [0.15, 0.2) is 34.8 Å². The number of imidazole rings is 1. The van der Waals surface area contributed by atoms with E-state index in [1.54, 1.807) is 0 Å². The summed E-state index contributed by atoms with van der Waals surface area (Å²) in [5, 5.41) is 8.78. The lowest BCUT2D eigenvalue weighted by atomic mass is 10.3. The predicted molar refractivity (Wildman–Crippen MR) is 109 cm³/mol. The number of aromatic nitrogens is 3. The Balaban J connectivity index is 1.73. The van der Waals surface area contributed by atoms with Crippen LogP contribution in [0.5, 0.6) is 0 Å². The first-order chi connectivity index (χ1) is 12.9. The van der Waals surface area contributed by atoms with Crippen molar-refractivity contribution in [3.63, 3.8) is 0 Å². The molecule has 2 amide bonds. The van der Waals surface area contributed by atoms with Crippen LogP contribution >= 0.6 is 23.1 Å². The quantitative estimate of drug-likeness (QED) is 0.592. The van der Waals surface area contributed by atoms with Crippen LogP contribution in [0.2, 0.25) is 0 Å². The van der Waals surface area contributed by atoms with Crippen LogP contribution in [0.25, 0.3) is 11.0 Å². The van der Waals surface area contributed by atoms with Gasteiger partial charge in [-0.2, -0.15) is 0 Å². The lowest BCUT2D eigenvalue weighted by Crippen LogP contribution is -2.33. The molecule has 0 saturated heterocycles. The number of thiazole rings is 1. The van der Waals surface area contributed by atoms with E-state index in [2.05, 4.69) is 20.6 Å². The maximum Gasteiger partial charge on any atom is 0.240 e. The lowest BCUT2D eigenvalue weighted by molar-refractivity contribution is -0.122. The second-order valence-electron chi connectivity index (χ2n) is 6.32. The Labute approximate surface area is 165 Å². The first-order valence-corrected chi connectivity index (χ1v) is 10.4. The average molecular weight is 404 g/mol. The second-order valence-corrected chi connectivity index (χ2v) is 8.12. The van der Waals surface area contributed by atoms with Gasteiger partial charge in [0.25, 0.3) is 0 Å². The van der Waals surface area contributed by atoms with Crippen molar-refractivity contribution in [2.24, 2.45) is 0 Å². The molecule has 2 heterocycles. The molecule has 3 rings (SSSR count). The summed E-state index contributed by atoms with van der Waals surface area (Å²) in [5.74, 6) is -0.0504. The van der Waals surface area contributed by atoms with Crippen molar-refractivity contribution in [1.29, 1.82) is 0 Å². The van der Waals surface area contributed by atoms with Gasteiger partial charge < -0.3 is 15.2 Å². The van der Waals surface area contributed by atoms with Crippen molar-refractivity contribution in [1.82, 2.24) is 19.9 Å². The van der Waals surface area contributed by atoms with E-state index in [4.69, 9.17) is 0 Å². The Kier molecular flexibility index (Phi) is 6.12. The molecule has 0 fully saturated rings. The summed E-state index contributed by atoms with van der Waals surface area (Å²) >= 11 is 2.70. The molecule has 0 spiro atoms. The molecule has 0 atom stereocenters. The third-order valence-corrected chi connectivity index (χ3v) is 5.42. The Morgan fingerprint density at radius 3 is 2.70 bits per heavy atom. The number of anilines is 1. The van der Waals surface area contributed by atoms with Crippen LogP contribution in [0, 0.1) is 6.92 Å². The number of aryl methyl sites for hydroxylation is 1. The molecule has 0 bridgehead atoms. The molecule has 1 aromatic carbocycles. The molecule has 0 radical (unpaired) electrons. The molecule has 7 nitrogen and oxygen atoms in total. The lowest BCUT2D eigenvalue weighted by Gasteiger charge is -2.11. The highest BCUT2D eigenvalue weighted by Gasteiger charge is 2.16. The Bertz CT molecular complexity index is 964. The highest BCUT2D eigenvalue weighted by Crippen LogP contribution is 2.24. The Morgan fingerprint density at radius 2 is 2.00 bits per heavy atom. The molecular weight excluding hydrogens is 382 g/mol. The molecule has 3 aromatic rings. The van der Waals surface area contributed by atoms with Crippen LogP contribution in [0.1, 0.15) is 19.5 Å². The number of fused-ring (bicyclic) bond motifs is 1. The molecule has 0 aliphatic heterocycles. The Hall–Kier alpha value is -2.39. The summed E-state index contributed by atoms with van der Waals surface area (Å²) in [7, 11) is 0. The molecule has 0 aliphatic carbocycles. The smallest absolute Gasteiger partial charge is 0.240 e. The summed E-state index contributed by atoms with van der Waals surface area (Å²) in [5.41, 5.74) is 2.55. The Morgan fingerprint density at radius 1 is 1.22 bits per heavy atom. The van der Waals surface area contributed by atoms with Gasteiger partial charge in [-0.1, -0.05) is 23.9 Å². The molecular formula is C18H21N5O2S2. The number of carbonyl (C=O) groups excluding carboxylic acids is 2. The molecule has 2 aromatic heterocycles. The topological polar surface area (TPSA) is 88.9 Å². The zero-order valence-corrected chi connectivity index (χ0v) is 17.0.